The molecule has 2 aliphatic rings. The third kappa shape index (κ3) is 6.45. The quantitative estimate of drug-likeness (QED) is 0.621. The van der Waals surface area contributed by atoms with Crippen molar-refractivity contribution in [2.24, 2.45) is 17.8 Å². The summed E-state index contributed by atoms with van der Waals surface area (Å²) in [5, 5.41) is 3.03. The SMILES string of the molecule is CC(C)[C@H](C(=O)NCCc1ccc(OCCN2C[C@@H](C)[C@H](C)C2)cc1)N1CCCC1=O. The molecule has 172 valence electrons. The van der Waals surface area contributed by atoms with Gasteiger partial charge < -0.3 is 15.0 Å². The van der Waals surface area contributed by atoms with Crippen molar-refractivity contribution in [3.8, 4) is 5.75 Å². The van der Waals surface area contributed by atoms with E-state index in [1.807, 2.05) is 26.0 Å². The molecule has 0 aliphatic carbocycles. The second-order valence-electron chi connectivity index (χ2n) is 9.63. The summed E-state index contributed by atoms with van der Waals surface area (Å²) < 4.78 is 5.91. The molecule has 2 aliphatic heterocycles. The van der Waals surface area contributed by atoms with Gasteiger partial charge in [-0.15, -0.1) is 0 Å². The van der Waals surface area contributed by atoms with Crippen molar-refractivity contribution in [3.63, 3.8) is 0 Å². The van der Waals surface area contributed by atoms with Gasteiger partial charge in [-0.2, -0.15) is 0 Å². The van der Waals surface area contributed by atoms with Gasteiger partial charge in [0.25, 0.3) is 0 Å². The second kappa shape index (κ2) is 11.0. The van der Waals surface area contributed by atoms with Gasteiger partial charge in [-0.05, 0) is 48.3 Å². The minimum atomic E-state index is -0.368. The Morgan fingerprint density at radius 1 is 1.16 bits per heavy atom. The molecule has 0 bridgehead atoms. The molecule has 2 fully saturated rings. The van der Waals surface area contributed by atoms with E-state index in [1.165, 1.54) is 13.1 Å². The zero-order valence-electron chi connectivity index (χ0n) is 19.6. The van der Waals surface area contributed by atoms with Crippen molar-refractivity contribution in [2.75, 3.05) is 39.3 Å². The van der Waals surface area contributed by atoms with Crippen molar-refractivity contribution in [1.29, 1.82) is 0 Å². The highest BCUT2D eigenvalue weighted by Crippen LogP contribution is 2.22. The molecule has 3 rings (SSSR count). The van der Waals surface area contributed by atoms with Gasteiger partial charge in [0.15, 0.2) is 0 Å². The first-order valence-corrected chi connectivity index (χ1v) is 11.9. The fraction of sp³-hybridized carbons (Fsp3) is 0.680. The summed E-state index contributed by atoms with van der Waals surface area (Å²) in [7, 11) is 0. The van der Waals surface area contributed by atoms with E-state index in [-0.39, 0.29) is 23.8 Å². The summed E-state index contributed by atoms with van der Waals surface area (Å²) in [6, 6.07) is 7.77. The first kappa shape index (κ1) is 23.6. The van der Waals surface area contributed by atoms with E-state index in [0.29, 0.717) is 26.1 Å². The van der Waals surface area contributed by atoms with Crippen LogP contribution < -0.4 is 10.1 Å². The molecule has 2 heterocycles. The van der Waals surface area contributed by atoms with Crippen LogP contribution in [0, 0.1) is 17.8 Å². The zero-order chi connectivity index (χ0) is 22.4. The number of hydrogen-bond acceptors (Lipinski definition) is 4. The van der Waals surface area contributed by atoms with Gasteiger partial charge >= 0.3 is 0 Å². The van der Waals surface area contributed by atoms with Crippen LogP contribution in [0.5, 0.6) is 5.75 Å². The maximum atomic E-state index is 12.7. The normalized spacial score (nSPS) is 22.9. The smallest absolute Gasteiger partial charge is 0.243 e. The molecule has 0 saturated carbocycles. The van der Waals surface area contributed by atoms with Crippen molar-refractivity contribution in [1.82, 2.24) is 15.1 Å². The average molecular weight is 430 g/mol. The van der Waals surface area contributed by atoms with Crippen LogP contribution in [0.3, 0.4) is 0 Å². The molecule has 0 radical (unpaired) electrons. The van der Waals surface area contributed by atoms with Gasteiger partial charge in [0.1, 0.15) is 18.4 Å². The number of ether oxygens (including phenoxy) is 1. The van der Waals surface area contributed by atoms with Crippen molar-refractivity contribution in [3.05, 3.63) is 29.8 Å². The van der Waals surface area contributed by atoms with Crippen LogP contribution in [0.2, 0.25) is 0 Å². The van der Waals surface area contributed by atoms with E-state index in [9.17, 15) is 9.59 Å². The number of nitrogens with zero attached hydrogens (tertiary/aromatic N) is 2. The molecule has 0 aromatic heterocycles. The summed E-state index contributed by atoms with van der Waals surface area (Å²) >= 11 is 0. The topological polar surface area (TPSA) is 61.9 Å². The minimum absolute atomic E-state index is 0.0456. The molecule has 1 aromatic rings. The summed E-state index contributed by atoms with van der Waals surface area (Å²) in [5.74, 6) is 2.58. The van der Waals surface area contributed by atoms with Gasteiger partial charge in [0.2, 0.25) is 11.8 Å². The maximum Gasteiger partial charge on any atom is 0.243 e. The van der Waals surface area contributed by atoms with Crippen LogP contribution in [0.15, 0.2) is 24.3 Å². The van der Waals surface area contributed by atoms with Gasteiger partial charge in [-0.25, -0.2) is 0 Å². The first-order valence-electron chi connectivity index (χ1n) is 11.9. The molecule has 31 heavy (non-hydrogen) atoms. The third-order valence-corrected chi connectivity index (χ3v) is 6.72. The lowest BCUT2D eigenvalue weighted by Gasteiger charge is -2.29. The molecule has 6 nitrogen and oxygen atoms in total. The highest BCUT2D eigenvalue weighted by Gasteiger charge is 2.34. The Balaban J connectivity index is 1.38. The Morgan fingerprint density at radius 3 is 2.42 bits per heavy atom. The molecule has 2 saturated heterocycles. The Bertz CT molecular complexity index is 724. The van der Waals surface area contributed by atoms with Crippen LogP contribution in [0.1, 0.15) is 46.1 Å². The third-order valence-electron chi connectivity index (χ3n) is 6.72. The molecule has 1 aromatic carbocycles. The Morgan fingerprint density at radius 2 is 1.84 bits per heavy atom. The molecule has 0 spiro atoms. The lowest BCUT2D eigenvalue weighted by atomic mass is 10.0. The predicted octanol–water partition coefficient (Wildman–Crippen LogP) is 2.96. The molecule has 0 unspecified atom stereocenters. The second-order valence-corrected chi connectivity index (χ2v) is 9.63. The van der Waals surface area contributed by atoms with E-state index in [0.717, 1.165) is 42.5 Å². The first-order chi connectivity index (χ1) is 14.8. The predicted molar refractivity (Wildman–Crippen MR) is 123 cm³/mol. The van der Waals surface area contributed by atoms with Crippen LogP contribution in [-0.4, -0.2) is 67.0 Å². The molecule has 2 amide bonds. The molecular formula is C25H39N3O3. The number of likely N-dealkylation sites (tertiary alicyclic amines) is 2. The van der Waals surface area contributed by atoms with Gasteiger partial charge in [-0.1, -0.05) is 39.8 Å². The summed E-state index contributed by atoms with van der Waals surface area (Å²) in [6.07, 6.45) is 2.16. The number of carbonyl (C=O) groups is 2. The van der Waals surface area contributed by atoms with E-state index < -0.39 is 0 Å². The van der Waals surface area contributed by atoms with Crippen molar-refractivity contribution in [2.45, 2.75) is 53.0 Å². The highest BCUT2D eigenvalue weighted by molar-refractivity contribution is 5.88. The Kier molecular flexibility index (Phi) is 8.35. The molecule has 3 atom stereocenters. The van der Waals surface area contributed by atoms with E-state index in [4.69, 9.17) is 4.74 Å². The lowest BCUT2D eigenvalue weighted by Crippen LogP contribution is -2.50. The maximum absolute atomic E-state index is 12.7. The Labute approximate surface area is 187 Å². The van der Waals surface area contributed by atoms with Crippen LogP contribution in [0.25, 0.3) is 0 Å². The van der Waals surface area contributed by atoms with E-state index in [2.05, 4.69) is 36.2 Å². The van der Waals surface area contributed by atoms with Gasteiger partial charge in [0.05, 0.1) is 0 Å². The monoisotopic (exact) mass is 429 g/mol. The highest BCUT2D eigenvalue weighted by atomic mass is 16.5. The fourth-order valence-corrected chi connectivity index (χ4v) is 4.68. The Hall–Kier alpha value is -2.08. The number of hydrogen-bond donors (Lipinski definition) is 1. The summed E-state index contributed by atoms with van der Waals surface area (Å²) in [5.41, 5.74) is 1.16. The van der Waals surface area contributed by atoms with E-state index in [1.54, 1.807) is 4.90 Å². The molecule has 6 heteroatoms. The number of rotatable bonds is 10. The molecular weight excluding hydrogens is 390 g/mol. The van der Waals surface area contributed by atoms with Gasteiger partial charge in [-0.3, -0.25) is 14.5 Å². The zero-order valence-corrected chi connectivity index (χ0v) is 19.6. The van der Waals surface area contributed by atoms with Crippen LogP contribution >= 0.6 is 0 Å². The van der Waals surface area contributed by atoms with Crippen molar-refractivity contribution >= 4 is 11.8 Å². The molecule has 1 N–H and O–H groups in total. The lowest BCUT2D eigenvalue weighted by molar-refractivity contribution is -0.139. The number of benzene rings is 1. The number of carbonyl (C=O) groups excluding carboxylic acids is 2. The standard InChI is InChI=1S/C25H39N3O3/c1-18(2)24(28-13-5-6-23(28)29)25(30)26-12-11-21-7-9-22(10-8-21)31-15-14-27-16-19(3)20(4)17-27/h7-10,18-20,24H,5-6,11-17H2,1-4H3,(H,26,30)/t19-,20-,24-/m1/s1. The fourth-order valence-electron chi connectivity index (χ4n) is 4.68. The van der Waals surface area contributed by atoms with Gasteiger partial charge in [0, 0.05) is 39.1 Å². The largest absolute Gasteiger partial charge is 0.492 e. The van der Waals surface area contributed by atoms with Crippen molar-refractivity contribution < 1.29 is 14.3 Å². The van der Waals surface area contributed by atoms with Crippen LogP contribution in [0.4, 0.5) is 0 Å². The van der Waals surface area contributed by atoms with Crippen LogP contribution in [-0.2, 0) is 16.0 Å². The minimum Gasteiger partial charge on any atom is -0.492 e. The number of nitrogens with one attached hydrogen (secondary N) is 1. The number of amides is 2. The summed E-state index contributed by atoms with van der Waals surface area (Å²) in [4.78, 5) is 29.0. The average Bonchev–Trinajstić information content (AvgIpc) is 3.28. The summed E-state index contributed by atoms with van der Waals surface area (Å²) in [6.45, 7) is 13.9. The van der Waals surface area contributed by atoms with E-state index >= 15 is 0 Å².